The second kappa shape index (κ2) is 5.13. The minimum atomic E-state index is -0.101. The van der Waals surface area contributed by atoms with Gasteiger partial charge in [-0.2, -0.15) is 0 Å². The number of esters is 1. The summed E-state index contributed by atoms with van der Waals surface area (Å²) in [4.78, 5) is 23.2. The van der Waals surface area contributed by atoms with Gasteiger partial charge in [0.05, 0.1) is 5.69 Å². The fourth-order valence-electron chi connectivity index (χ4n) is 2.92. The van der Waals surface area contributed by atoms with E-state index in [4.69, 9.17) is 4.74 Å². The highest BCUT2D eigenvalue weighted by molar-refractivity contribution is 5.78. The van der Waals surface area contributed by atoms with Crippen molar-refractivity contribution < 1.29 is 9.53 Å². The molecule has 20 heavy (non-hydrogen) atoms. The third kappa shape index (κ3) is 2.42. The quantitative estimate of drug-likeness (QED) is 0.768. The topological polar surface area (TPSA) is 55.3 Å². The number of ether oxygens (including phenoxy) is 1. The zero-order valence-corrected chi connectivity index (χ0v) is 12.3. The Hall–Kier alpha value is -1.49. The number of carbonyl (C=O) groups is 1. The first-order valence-corrected chi connectivity index (χ1v) is 7.34. The Labute approximate surface area is 119 Å². The van der Waals surface area contributed by atoms with E-state index in [9.17, 15) is 4.79 Å². The van der Waals surface area contributed by atoms with Crippen molar-refractivity contribution in [2.75, 3.05) is 6.54 Å². The number of hydrogen-bond donors (Lipinski definition) is 0. The zero-order chi connectivity index (χ0) is 14.3. The molecule has 1 fully saturated rings. The van der Waals surface area contributed by atoms with Gasteiger partial charge in [0.15, 0.2) is 0 Å². The van der Waals surface area contributed by atoms with Crippen molar-refractivity contribution in [1.29, 1.82) is 0 Å². The van der Waals surface area contributed by atoms with Crippen LogP contribution in [0.3, 0.4) is 0 Å². The molecule has 0 saturated carbocycles. The van der Waals surface area contributed by atoms with Gasteiger partial charge in [0, 0.05) is 31.6 Å². The van der Waals surface area contributed by atoms with E-state index >= 15 is 0 Å². The molecular weight excluding hydrogens is 254 g/mol. The lowest BCUT2D eigenvalue weighted by Crippen LogP contribution is -2.42. The molecule has 0 aliphatic carbocycles. The molecule has 1 aromatic heterocycles. The van der Waals surface area contributed by atoms with Gasteiger partial charge in [-0.3, -0.25) is 9.69 Å². The third-order valence-electron chi connectivity index (χ3n) is 4.10. The molecule has 0 spiro atoms. The van der Waals surface area contributed by atoms with E-state index in [1.54, 1.807) is 0 Å². The smallest absolute Gasteiger partial charge is 0.323 e. The van der Waals surface area contributed by atoms with Crippen molar-refractivity contribution in [2.24, 2.45) is 0 Å². The van der Waals surface area contributed by atoms with Gasteiger partial charge < -0.3 is 4.74 Å². The van der Waals surface area contributed by atoms with Gasteiger partial charge in [-0.25, -0.2) is 9.97 Å². The number of carbonyl (C=O) groups excluding carboxylic acids is 1. The Bertz CT molecular complexity index is 530. The fraction of sp³-hybridized carbons (Fsp3) is 0.667. The van der Waals surface area contributed by atoms with E-state index in [1.807, 2.05) is 13.1 Å². The third-order valence-corrected chi connectivity index (χ3v) is 4.10. The van der Waals surface area contributed by atoms with Crippen LogP contribution >= 0.6 is 0 Å². The molecule has 3 rings (SSSR count). The Morgan fingerprint density at radius 3 is 2.90 bits per heavy atom. The maximum atomic E-state index is 11.9. The first-order chi connectivity index (χ1) is 9.54. The molecule has 2 aliphatic heterocycles. The van der Waals surface area contributed by atoms with Gasteiger partial charge in [-0.15, -0.1) is 0 Å². The first-order valence-electron chi connectivity index (χ1n) is 7.34. The van der Waals surface area contributed by atoms with Crippen LogP contribution < -0.4 is 0 Å². The van der Waals surface area contributed by atoms with Crippen molar-refractivity contribution in [2.45, 2.75) is 58.2 Å². The van der Waals surface area contributed by atoms with Gasteiger partial charge in [0.2, 0.25) is 0 Å². The lowest BCUT2D eigenvalue weighted by molar-refractivity contribution is -0.145. The van der Waals surface area contributed by atoms with E-state index in [2.05, 4.69) is 28.7 Å². The number of hydrogen-bond acceptors (Lipinski definition) is 5. The highest BCUT2D eigenvalue weighted by atomic mass is 16.6. The maximum Gasteiger partial charge on any atom is 0.323 e. The minimum absolute atomic E-state index is 0.0329. The van der Waals surface area contributed by atoms with Crippen LogP contribution in [0.1, 0.15) is 50.2 Å². The van der Waals surface area contributed by atoms with Gasteiger partial charge >= 0.3 is 5.97 Å². The molecule has 5 heteroatoms. The standard InChI is InChI=1S/C15H21N3O2/c1-9(2)14-16-7-11-4-5-18(8-12(11)17-14)13-6-10(3)20-15(13)19/h7,9-10,13H,4-6,8H2,1-3H3/t10-,13+/m0/s1. The van der Waals surface area contributed by atoms with Crippen LogP contribution in [0.25, 0.3) is 0 Å². The molecule has 5 nitrogen and oxygen atoms in total. The summed E-state index contributed by atoms with van der Waals surface area (Å²) in [6.45, 7) is 7.75. The molecule has 1 aromatic rings. The van der Waals surface area contributed by atoms with E-state index in [0.717, 1.165) is 37.4 Å². The largest absolute Gasteiger partial charge is 0.461 e. The van der Waals surface area contributed by atoms with Crippen molar-refractivity contribution in [3.05, 3.63) is 23.3 Å². The maximum absolute atomic E-state index is 11.9. The van der Waals surface area contributed by atoms with Crippen LogP contribution in [-0.4, -0.2) is 39.5 Å². The van der Waals surface area contributed by atoms with Crippen LogP contribution in [0.15, 0.2) is 6.20 Å². The summed E-state index contributed by atoms with van der Waals surface area (Å²) in [7, 11) is 0. The lowest BCUT2D eigenvalue weighted by atomic mass is 10.0. The first kappa shape index (κ1) is 13.5. The second-order valence-corrected chi connectivity index (χ2v) is 6.07. The van der Waals surface area contributed by atoms with Gasteiger partial charge in [-0.05, 0) is 18.9 Å². The molecule has 2 aliphatic rings. The normalized spacial score (nSPS) is 26.7. The Balaban J connectivity index is 1.80. The Morgan fingerprint density at radius 2 is 2.25 bits per heavy atom. The zero-order valence-electron chi connectivity index (χ0n) is 12.3. The van der Waals surface area contributed by atoms with Crippen LogP contribution in [0.4, 0.5) is 0 Å². The predicted molar refractivity (Wildman–Crippen MR) is 74.2 cm³/mol. The van der Waals surface area contributed by atoms with Gasteiger partial charge in [-0.1, -0.05) is 13.8 Å². The predicted octanol–water partition coefficient (Wildman–Crippen LogP) is 1.66. The van der Waals surface area contributed by atoms with Gasteiger partial charge in [0.1, 0.15) is 18.0 Å². The van der Waals surface area contributed by atoms with Crippen molar-refractivity contribution in [3.8, 4) is 0 Å². The van der Waals surface area contributed by atoms with Crippen LogP contribution in [0.2, 0.25) is 0 Å². The summed E-state index contributed by atoms with van der Waals surface area (Å²) in [6.07, 6.45) is 3.68. The summed E-state index contributed by atoms with van der Waals surface area (Å²) in [5.74, 6) is 1.12. The average molecular weight is 275 g/mol. The molecule has 0 aromatic carbocycles. The highest BCUT2D eigenvalue weighted by Crippen LogP contribution is 2.26. The van der Waals surface area contributed by atoms with Gasteiger partial charge in [0.25, 0.3) is 0 Å². The van der Waals surface area contributed by atoms with Crippen LogP contribution in [0, 0.1) is 0 Å². The molecule has 1 saturated heterocycles. The summed E-state index contributed by atoms with van der Waals surface area (Å²) in [5.41, 5.74) is 2.28. The van der Waals surface area contributed by atoms with Crippen molar-refractivity contribution in [1.82, 2.24) is 14.9 Å². The SMILES string of the molecule is CC(C)c1ncc2c(n1)CN([C@@H]1C[C@H](C)OC1=O)CC2. The fourth-order valence-corrected chi connectivity index (χ4v) is 2.92. The number of fused-ring (bicyclic) bond motifs is 1. The number of nitrogens with zero attached hydrogens (tertiary/aromatic N) is 3. The molecule has 0 amide bonds. The Kier molecular flexibility index (Phi) is 3.46. The monoisotopic (exact) mass is 275 g/mol. The minimum Gasteiger partial charge on any atom is -0.461 e. The number of aromatic nitrogens is 2. The van der Waals surface area contributed by atoms with Crippen LogP contribution in [-0.2, 0) is 22.5 Å². The summed E-state index contributed by atoms with van der Waals surface area (Å²) in [5, 5.41) is 0. The molecular formula is C15H21N3O2. The van der Waals surface area contributed by atoms with Crippen molar-refractivity contribution >= 4 is 5.97 Å². The molecule has 0 radical (unpaired) electrons. The Morgan fingerprint density at radius 1 is 1.45 bits per heavy atom. The van der Waals surface area contributed by atoms with E-state index in [-0.39, 0.29) is 18.1 Å². The second-order valence-electron chi connectivity index (χ2n) is 6.07. The number of cyclic esters (lactones) is 1. The highest BCUT2D eigenvalue weighted by Gasteiger charge is 2.37. The number of rotatable bonds is 2. The summed E-state index contributed by atoms with van der Waals surface area (Å²) in [6, 6.07) is -0.101. The van der Waals surface area contributed by atoms with E-state index < -0.39 is 0 Å². The summed E-state index contributed by atoms with van der Waals surface area (Å²) < 4.78 is 5.26. The van der Waals surface area contributed by atoms with Crippen LogP contribution in [0.5, 0.6) is 0 Å². The molecule has 108 valence electrons. The molecule has 0 N–H and O–H groups in total. The lowest BCUT2D eigenvalue weighted by Gasteiger charge is -2.30. The van der Waals surface area contributed by atoms with E-state index in [0.29, 0.717) is 5.92 Å². The van der Waals surface area contributed by atoms with E-state index in [1.165, 1.54) is 5.56 Å². The van der Waals surface area contributed by atoms with Crippen molar-refractivity contribution in [3.63, 3.8) is 0 Å². The molecule has 2 atom stereocenters. The molecule has 3 heterocycles. The molecule has 0 unspecified atom stereocenters. The average Bonchev–Trinajstić information content (AvgIpc) is 2.76. The molecule has 0 bridgehead atoms. The summed E-state index contributed by atoms with van der Waals surface area (Å²) >= 11 is 0.